The van der Waals surface area contributed by atoms with E-state index in [0.717, 1.165) is 11.6 Å². The number of nitrogens with zero attached hydrogens (tertiary/aromatic N) is 3. The summed E-state index contributed by atoms with van der Waals surface area (Å²) in [4.78, 5) is 29.2. The van der Waals surface area contributed by atoms with Gasteiger partial charge in [0.25, 0.3) is 11.8 Å². The van der Waals surface area contributed by atoms with Gasteiger partial charge in [-0.3, -0.25) is 14.7 Å². The zero-order valence-electron chi connectivity index (χ0n) is 18.1. The number of amides is 2. The average molecular weight is 462 g/mol. The number of H-pyrrole nitrogens is 1. The van der Waals surface area contributed by atoms with Crippen LogP contribution in [0.25, 0.3) is 0 Å². The first-order chi connectivity index (χ1) is 15.8. The van der Waals surface area contributed by atoms with Crippen LogP contribution >= 0.6 is 0 Å². The molecule has 0 bridgehead atoms. The third-order valence-corrected chi connectivity index (χ3v) is 6.20. The summed E-state index contributed by atoms with van der Waals surface area (Å²) in [7, 11) is 1.68. The van der Waals surface area contributed by atoms with Crippen LogP contribution in [0, 0.1) is 0 Å². The van der Waals surface area contributed by atoms with Crippen LogP contribution in [0.1, 0.15) is 41.0 Å². The Morgan fingerprint density at radius 2 is 2.00 bits per heavy atom. The molecule has 2 amide bonds. The number of para-hydroxylation sites is 1. The van der Waals surface area contributed by atoms with Crippen molar-refractivity contribution in [3.63, 3.8) is 0 Å². The molecule has 0 radical (unpaired) electrons. The first-order valence-electron chi connectivity index (χ1n) is 10.8. The Morgan fingerprint density at radius 3 is 2.76 bits per heavy atom. The zero-order valence-corrected chi connectivity index (χ0v) is 18.1. The van der Waals surface area contributed by atoms with E-state index in [-0.39, 0.29) is 24.2 Å². The summed E-state index contributed by atoms with van der Waals surface area (Å²) in [5.41, 5.74) is -0.417. The molecule has 7 nitrogen and oxygen atoms in total. The van der Waals surface area contributed by atoms with Crippen molar-refractivity contribution < 1.29 is 27.5 Å². The summed E-state index contributed by atoms with van der Waals surface area (Å²) in [5, 5.41) is 5.50. The van der Waals surface area contributed by atoms with Crippen LogP contribution in [0.15, 0.2) is 42.5 Å². The molecule has 2 aliphatic heterocycles. The second-order valence-electron chi connectivity index (χ2n) is 8.25. The lowest BCUT2D eigenvalue weighted by atomic mass is 9.91. The van der Waals surface area contributed by atoms with E-state index < -0.39 is 23.8 Å². The molecule has 0 unspecified atom stereocenters. The van der Waals surface area contributed by atoms with Crippen molar-refractivity contribution in [2.45, 2.75) is 43.9 Å². The molecule has 0 aliphatic carbocycles. The maximum Gasteiger partial charge on any atom is 0.432 e. The van der Waals surface area contributed by atoms with Crippen molar-refractivity contribution >= 4 is 11.8 Å². The first kappa shape index (κ1) is 22.9. The lowest BCUT2D eigenvalue weighted by molar-refractivity contribution is -0.141. The van der Waals surface area contributed by atoms with Gasteiger partial charge >= 0.3 is 6.18 Å². The Bertz CT molecular complexity index is 1050. The molecule has 2 aromatic rings. The first-order valence-corrected chi connectivity index (χ1v) is 10.8. The minimum absolute atomic E-state index is 0.136. The van der Waals surface area contributed by atoms with Crippen molar-refractivity contribution in [3.8, 4) is 5.75 Å². The molecule has 4 rings (SSSR count). The number of hydrogen-bond donors (Lipinski definition) is 1. The second-order valence-corrected chi connectivity index (χ2v) is 8.25. The van der Waals surface area contributed by atoms with Gasteiger partial charge in [0, 0.05) is 19.7 Å². The van der Waals surface area contributed by atoms with Gasteiger partial charge in [-0.15, -0.1) is 0 Å². The molecule has 0 saturated carbocycles. The van der Waals surface area contributed by atoms with E-state index >= 15 is 0 Å². The van der Waals surface area contributed by atoms with E-state index in [9.17, 15) is 22.8 Å². The highest BCUT2D eigenvalue weighted by molar-refractivity contribution is 5.93. The Labute approximate surface area is 189 Å². The van der Waals surface area contributed by atoms with Crippen LogP contribution in [-0.2, 0) is 17.4 Å². The number of aromatic amines is 1. The molecular weight excluding hydrogens is 437 g/mol. The van der Waals surface area contributed by atoms with Gasteiger partial charge in [-0.25, -0.2) is 0 Å². The number of likely N-dealkylation sites (tertiary alicyclic amines) is 1. The maximum atomic E-state index is 13.1. The molecule has 10 heteroatoms. The quantitative estimate of drug-likeness (QED) is 0.659. The lowest BCUT2D eigenvalue weighted by Crippen LogP contribution is -2.57. The molecule has 1 N–H and O–H groups in total. The standard InChI is InChI=1S/C23H25F3N4O3/c1-29-17-10-6-12-30(22(32)16-13-20(28-27-16)23(24,25)26)18(17)9-4-2-7-15-8-3-5-11-19(15)33-14-21(29)31/h2-5,8,11,13,17-18H,6-7,9-10,12,14H2,1H3,(H,27,28)/b4-2+/t17-,18-/m1/s1. The van der Waals surface area contributed by atoms with Crippen molar-refractivity contribution in [2.75, 3.05) is 20.2 Å². The number of benzene rings is 1. The van der Waals surface area contributed by atoms with Crippen molar-refractivity contribution in [1.29, 1.82) is 0 Å². The highest BCUT2D eigenvalue weighted by Gasteiger charge is 2.40. The topological polar surface area (TPSA) is 78.5 Å². The van der Waals surface area contributed by atoms with Gasteiger partial charge in [0.2, 0.25) is 0 Å². The Morgan fingerprint density at radius 1 is 1.21 bits per heavy atom. The molecule has 1 fully saturated rings. The SMILES string of the molecule is CN1C(=O)COc2ccccc2C/C=C/C[C@@H]2[C@H]1CCCN2C(=O)c1cc(C(F)(F)F)[nH]n1. The monoisotopic (exact) mass is 462 g/mol. The van der Waals surface area contributed by atoms with Gasteiger partial charge in [0.15, 0.2) is 12.3 Å². The summed E-state index contributed by atoms with van der Waals surface area (Å²) in [6.45, 7) is 0.242. The average Bonchev–Trinajstić information content (AvgIpc) is 3.30. The van der Waals surface area contributed by atoms with Crippen LogP contribution < -0.4 is 4.74 Å². The van der Waals surface area contributed by atoms with E-state index in [4.69, 9.17) is 4.74 Å². The predicted octanol–water partition coefficient (Wildman–Crippen LogP) is 3.44. The number of nitrogens with one attached hydrogen (secondary N) is 1. The number of hydrogen-bond acceptors (Lipinski definition) is 4. The van der Waals surface area contributed by atoms with E-state index in [2.05, 4.69) is 5.10 Å². The Hall–Kier alpha value is -3.30. The highest BCUT2D eigenvalue weighted by atomic mass is 19.4. The number of rotatable bonds is 1. The molecule has 33 heavy (non-hydrogen) atoms. The number of aromatic nitrogens is 2. The number of carbonyl (C=O) groups excluding carboxylic acids is 2. The van der Waals surface area contributed by atoms with Gasteiger partial charge in [0.05, 0.1) is 12.1 Å². The number of likely N-dealkylation sites (N-methyl/N-ethyl adjacent to an activating group) is 1. The molecule has 0 spiro atoms. The molecule has 176 valence electrons. The van der Waals surface area contributed by atoms with Crippen LogP contribution in [-0.4, -0.2) is 64.1 Å². The van der Waals surface area contributed by atoms with E-state index in [0.29, 0.717) is 38.0 Å². The largest absolute Gasteiger partial charge is 0.483 e. The third kappa shape index (κ3) is 4.89. The highest BCUT2D eigenvalue weighted by Crippen LogP contribution is 2.30. The minimum Gasteiger partial charge on any atom is -0.483 e. The number of piperidine rings is 1. The zero-order chi connectivity index (χ0) is 23.6. The number of ether oxygens (including phenoxy) is 1. The summed E-state index contributed by atoms with van der Waals surface area (Å²) in [6.07, 6.45) is 1.67. The van der Waals surface area contributed by atoms with E-state index in [1.165, 1.54) is 0 Å². The summed E-state index contributed by atoms with van der Waals surface area (Å²) < 4.78 is 44.7. The van der Waals surface area contributed by atoms with Crippen LogP contribution in [0.2, 0.25) is 0 Å². The van der Waals surface area contributed by atoms with Crippen molar-refractivity contribution in [3.05, 3.63) is 59.4 Å². The van der Waals surface area contributed by atoms with Gasteiger partial charge in [-0.05, 0) is 37.3 Å². The number of fused-ring (bicyclic) bond motifs is 2. The Balaban J connectivity index is 1.62. The molecule has 2 aliphatic rings. The van der Waals surface area contributed by atoms with Gasteiger partial charge in [-0.1, -0.05) is 30.4 Å². The molecule has 3 heterocycles. The minimum atomic E-state index is -4.62. The summed E-state index contributed by atoms with van der Waals surface area (Å²) in [6, 6.07) is 7.54. The fourth-order valence-electron chi connectivity index (χ4n) is 4.43. The van der Waals surface area contributed by atoms with Gasteiger partial charge in [-0.2, -0.15) is 18.3 Å². The van der Waals surface area contributed by atoms with Gasteiger partial charge < -0.3 is 14.5 Å². The number of alkyl halides is 3. The number of carbonyl (C=O) groups is 2. The summed E-state index contributed by atoms with van der Waals surface area (Å²) >= 11 is 0. The van der Waals surface area contributed by atoms with Crippen LogP contribution in [0.5, 0.6) is 5.75 Å². The van der Waals surface area contributed by atoms with E-state index in [1.54, 1.807) is 16.8 Å². The third-order valence-electron chi connectivity index (χ3n) is 6.20. The van der Waals surface area contributed by atoms with E-state index in [1.807, 2.05) is 41.5 Å². The molecule has 1 saturated heterocycles. The molecular formula is C23H25F3N4O3. The lowest BCUT2D eigenvalue weighted by Gasteiger charge is -2.44. The normalized spacial score (nSPS) is 23.0. The predicted molar refractivity (Wildman–Crippen MR) is 114 cm³/mol. The van der Waals surface area contributed by atoms with Crippen molar-refractivity contribution in [1.82, 2.24) is 20.0 Å². The van der Waals surface area contributed by atoms with Gasteiger partial charge in [0.1, 0.15) is 11.4 Å². The molecule has 1 aromatic heterocycles. The van der Waals surface area contributed by atoms with Crippen LogP contribution in [0.3, 0.4) is 0 Å². The molecule has 2 atom stereocenters. The second kappa shape index (κ2) is 9.29. The summed E-state index contributed by atoms with van der Waals surface area (Å²) in [5.74, 6) is -0.155. The fourth-order valence-corrected chi connectivity index (χ4v) is 4.43. The maximum absolute atomic E-state index is 13.1. The fraction of sp³-hybridized carbons (Fsp3) is 0.435. The van der Waals surface area contributed by atoms with Crippen LogP contribution in [0.4, 0.5) is 13.2 Å². The Kier molecular flexibility index (Phi) is 6.44. The smallest absolute Gasteiger partial charge is 0.432 e. The number of allylic oxidation sites excluding steroid dienone is 1. The number of halogens is 3. The van der Waals surface area contributed by atoms with Crippen molar-refractivity contribution in [2.24, 2.45) is 0 Å². The molecule has 1 aromatic carbocycles.